The summed E-state index contributed by atoms with van der Waals surface area (Å²) in [6.07, 6.45) is 2.32. The van der Waals surface area contributed by atoms with Crippen LogP contribution in [0.2, 0.25) is 0 Å². The molecule has 0 bridgehead atoms. The predicted molar refractivity (Wildman–Crippen MR) is 107 cm³/mol. The molecule has 5 aromatic rings. The lowest BCUT2D eigenvalue weighted by Gasteiger charge is -2.07. The topological polar surface area (TPSA) is 104 Å². The van der Waals surface area contributed by atoms with Gasteiger partial charge in [0.1, 0.15) is 12.4 Å². The monoisotopic (exact) mass is 440 g/mol. The van der Waals surface area contributed by atoms with Crippen molar-refractivity contribution < 1.29 is 13.2 Å². The Bertz CT molecular complexity index is 1400. The Morgan fingerprint density at radius 2 is 1.94 bits per heavy atom. The van der Waals surface area contributed by atoms with E-state index in [1.165, 1.54) is 4.68 Å². The number of halogens is 3. The molecule has 0 fully saturated rings. The molecule has 0 radical (unpaired) electrons. The van der Waals surface area contributed by atoms with Gasteiger partial charge in [0.05, 0.1) is 23.7 Å². The molecule has 0 atom stereocenters. The molecule has 0 spiro atoms. The van der Waals surface area contributed by atoms with Crippen LogP contribution in [0.1, 0.15) is 11.4 Å². The van der Waals surface area contributed by atoms with Gasteiger partial charge in [-0.25, -0.2) is 9.97 Å². The first-order valence-electron chi connectivity index (χ1n) is 9.38. The van der Waals surface area contributed by atoms with Crippen LogP contribution in [-0.4, -0.2) is 44.1 Å². The highest BCUT2D eigenvalue weighted by Crippen LogP contribution is 2.28. The Morgan fingerprint density at radius 1 is 1.06 bits per heavy atom. The van der Waals surface area contributed by atoms with Gasteiger partial charge in [-0.2, -0.15) is 23.4 Å². The van der Waals surface area contributed by atoms with Crippen LogP contribution >= 0.6 is 0 Å². The van der Waals surface area contributed by atoms with Gasteiger partial charge in [-0.05, 0) is 18.2 Å². The van der Waals surface area contributed by atoms with Crippen molar-refractivity contribution in [3.05, 3.63) is 66.6 Å². The van der Waals surface area contributed by atoms with E-state index in [0.29, 0.717) is 23.1 Å². The molecule has 0 aliphatic heterocycles. The molecule has 5 heterocycles. The van der Waals surface area contributed by atoms with Gasteiger partial charge in [-0.1, -0.05) is 0 Å². The first-order valence-corrected chi connectivity index (χ1v) is 9.38. The van der Waals surface area contributed by atoms with Crippen LogP contribution < -0.4 is 5.32 Å². The minimum absolute atomic E-state index is 0.0445. The fraction of sp³-hybridized carbons (Fsp3) is 0.158. The van der Waals surface area contributed by atoms with Crippen LogP contribution in [0.25, 0.3) is 16.9 Å². The SMILES string of the molecule is Cn1nccc1Nc1nccc(-c2ccn3c(Cn4cc(C(F)(F)F)cn4)nnc3c2)n1. The lowest BCUT2D eigenvalue weighted by molar-refractivity contribution is -0.137. The maximum Gasteiger partial charge on any atom is 0.419 e. The van der Waals surface area contributed by atoms with E-state index in [1.807, 2.05) is 6.07 Å². The summed E-state index contributed by atoms with van der Waals surface area (Å²) in [6, 6.07) is 7.17. The number of nitrogens with zero attached hydrogens (tertiary/aromatic N) is 9. The number of hydrogen-bond acceptors (Lipinski definition) is 7. The van der Waals surface area contributed by atoms with Crippen molar-refractivity contribution >= 4 is 17.4 Å². The average Bonchev–Trinajstić information content (AvgIpc) is 3.49. The van der Waals surface area contributed by atoms with Gasteiger partial charge in [0.2, 0.25) is 5.95 Å². The molecular formula is C19H15F3N10. The van der Waals surface area contributed by atoms with Gasteiger partial charge in [0, 0.05) is 37.3 Å². The minimum Gasteiger partial charge on any atom is -0.309 e. The van der Waals surface area contributed by atoms with Crippen LogP contribution in [0.5, 0.6) is 0 Å². The van der Waals surface area contributed by atoms with Crippen LogP contribution in [0.15, 0.2) is 55.2 Å². The van der Waals surface area contributed by atoms with Crippen molar-refractivity contribution in [1.82, 2.24) is 44.1 Å². The highest BCUT2D eigenvalue weighted by atomic mass is 19.4. The second-order valence-corrected chi connectivity index (χ2v) is 6.91. The first-order chi connectivity index (χ1) is 15.4. The smallest absolute Gasteiger partial charge is 0.309 e. The van der Waals surface area contributed by atoms with Gasteiger partial charge >= 0.3 is 6.18 Å². The molecule has 13 heteroatoms. The molecule has 5 rings (SSSR count). The number of hydrogen-bond donors (Lipinski definition) is 1. The van der Waals surface area contributed by atoms with Gasteiger partial charge < -0.3 is 5.32 Å². The van der Waals surface area contributed by atoms with Crippen molar-refractivity contribution in [2.45, 2.75) is 12.7 Å². The zero-order valence-corrected chi connectivity index (χ0v) is 16.6. The Hall–Kier alpha value is -4.29. The quantitative estimate of drug-likeness (QED) is 0.448. The van der Waals surface area contributed by atoms with E-state index in [2.05, 4.69) is 35.7 Å². The van der Waals surface area contributed by atoms with Crippen molar-refractivity contribution in [2.75, 3.05) is 5.32 Å². The van der Waals surface area contributed by atoms with Crippen molar-refractivity contribution in [1.29, 1.82) is 0 Å². The first kappa shape index (κ1) is 19.7. The number of nitrogens with one attached hydrogen (secondary N) is 1. The molecule has 10 nitrogen and oxygen atoms in total. The molecule has 5 aromatic heterocycles. The van der Waals surface area contributed by atoms with Gasteiger partial charge in [-0.15, -0.1) is 10.2 Å². The largest absolute Gasteiger partial charge is 0.419 e. The summed E-state index contributed by atoms with van der Waals surface area (Å²) in [7, 11) is 1.80. The van der Waals surface area contributed by atoms with E-state index in [9.17, 15) is 13.2 Å². The molecule has 0 saturated heterocycles. The number of alkyl halides is 3. The van der Waals surface area contributed by atoms with Crippen LogP contribution in [0.4, 0.5) is 24.9 Å². The number of aryl methyl sites for hydroxylation is 1. The molecule has 0 aliphatic carbocycles. The average molecular weight is 440 g/mol. The van der Waals surface area contributed by atoms with E-state index in [-0.39, 0.29) is 6.54 Å². The molecule has 0 aliphatic rings. The van der Waals surface area contributed by atoms with Gasteiger partial charge in [0.25, 0.3) is 0 Å². The second-order valence-electron chi connectivity index (χ2n) is 6.91. The lowest BCUT2D eigenvalue weighted by atomic mass is 10.2. The standard InChI is InChI=1S/C19H15F3N10/c1-30-15(3-6-24-30)27-18-23-5-2-14(26-18)12-4-7-32-16(8-12)28-29-17(32)11-31-10-13(9-25-31)19(20,21)22/h2-10H,11H2,1H3,(H,23,26,27). The summed E-state index contributed by atoms with van der Waals surface area (Å²) in [5, 5.41) is 19.2. The summed E-state index contributed by atoms with van der Waals surface area (Å²) in [4.78, 5) is 8.75. The fourth-order valence-electron chi connectivity index (χ4n) is 3.14. The van der Waals surface area contributed by atoms with E-state index < -0.39 is 11.7 Å². The molecular weight excluding hydrogens is 425 g/mol. The fourth-order valence-corrected chi connectivity index (χ4v) is 3.14. The van der Waals surface area contributed by atoms with E-state index in [0.717, 1.165) is 23.8 Å². The maximum atomic E-state index is 12.8. The minimum atomic E-state index is -4.44. The van der Waals surface area contributed by atoms with Gasteiger partial charge in [-0.3, -0.25) is 13.8 Å². The Morgan fingerprint density at radius 3 is 2.69 bits per heavy atom. The third-order valence-corrected chi connectivity index (χ3v) is 4.76. The number of anilines is 2. The summed E-state index contributed by atoms with van der Waals surface area (Å²) in [5.74, 6) is 1.60. The summed E-state index contributed by atoms with van der Waals surface area (Å²) in [6.45, 7) is 0.0445. The molecule has 0 unspecified atom stereocenters. The maximum absolute atomic E-state index is 12.8. The van der Waals surface area contributed by atoms with E-state index in [1.54, 1.807) is 52.9 Å². The molecule has 1 N–H and O–H groups in total. The Balaban J connectivity index is 1.40. The molecule has 32 heavy (non-hydrogen) atoms. The number of pyridine rings is 1. The van der Waals surface area contributed by atoms with E-state index in [4.69, 9.17) is 0 Å². The third kappa shape index (κ3) is 3.75. The third-order valence-electron chi connectivity index (χ3n) is 4.76. The molecule has 162 valence electrons. The van der Waals surface area contributed by atoms with Crippen molar-refractivity contribution in [3.63, 3.8) is 0 Å². The summed E-state index contributed by atoms with van der Waals surface area (Å²) < 4.78 is 42.9. The van der Waals surface area contributed by atoms with Crippen molar-refractivity contribution in [2.24, 2.45) is 7.05 Å². The Kier molecular flexibility index (Phi) is 4.57. The number of fused-ring (bicyclic) bond motifs is 1. The second kappa shape index (κ2) is 7.44. The number of rotatable bonds is 5. The highest BCUT2D eigenvalue weighted by molar-refractivity contribution is 5.65. The Labute approximate surface area is 178 Å². The lowest BCUT2D eigenvalue weighted by Crippen LogP contribution is -2.06. The van der Waals surface area contributed by atoms with Crippen LogP contribution in [0, 0.1) is 0 Å². The molecule has 0 saturated carbocycles. The van der Waals surface area contributed by atoms with Gasteiger partial charge in [0.15, 0.2) is 11.5 Å². The zero-order chi connectivity index (χ0) is 22.3. The zero-order valence-electron chi connectivity index (χ0n) is 16.6. The van der Waals surface area contributed by atoms with Crippen molar-refractivity contribution in [3.8, 4) is 11.3 Å². The predicted octanol–water partition coefficient (Wildman–Crippen LogP) is 2.93. The summed E-state index contributed by atoms with van der Waals surface area (Å²) in [5.41, 5.74) is 1.16. The summed E-state index contributed by atoms with van der Waals surface area (Å²) >= 11 is 0. The normalized spacial score (nSPS) is 11.9. The highest BCUT2D eigenvalue weighted by Gasteiger charge is 2.32. The van der Waals surface area contributed by atoms with E-state index >= 15 is 0 Å². The number of aromatic nitrogens is 9. The van der Waals surface area contributed by atoms with Crippen LogP contribution in [0.3, 0.4) is 0 Å². The van der Waals surface area contributed by atoms with Crippen LogP contribution in [-0.2, 0) is 19.8 Å². The molecule has 0 amide bonds. The molecule has 0 aromatic carbocycles.